The summed E-state index contributed by atoms with van der Waals surface area (Å²) in [6, 6.07) is 8.51. The fourth-order valence-corrected chi connectivity index (χ4v) is 5.61. The van der Waals surface area contributed by atoms with Crippen LogP contribution in [0.25, 0.3) is 0 Å². The summed E-state index contributed by atoms with van der Waals surface area (Å²) in [6.45, 7) is 1.07. The Balaban J connectivity index is 1.52. The third-order valence-corrected chi connectivity index (χ3v) is 7.79. The summed E-state index contributed by atoms with van der Waals surface area (Å²) in [4.78, 5) is 17.0. The third kappa shape index (κ3) is 4.34. The Hall–Kier alpha value is -2.45. The van der Waals surface area contributed by atoms with Crippen LogP contribution in [0.3, 0.4) is 0 Å². The van der Waals surface area contributed by atoms with Crippen molar-refractivity contribution in [1.82, 2.24) is 9.29 Å². The van der Waals surface area contributed by atoms with Crippen LogP contribution in [-0.4, -0.2) is 43.8 Å². The van der Waals surface area contributed by atoms with Crippen molar-refractivity contribution in [3.8, 4) is 5.75 Å². The van der Waals surface area contributed by atoms with E-state index in [0.717, 1.165) is 37.7 Å². The quantitative estimate of drug-likeness (QED) is 0.760. The number of rotatable bonds is 6. The molecule has 0 radical (unpaired) electrons. The molecule has 2 aromatic rings. The molecule has 7 nitrogen and oxygen atoms in total. The zero-order valence-electron chi connectivity index (χ0n) is 17.1. The average molecular weight is 430 g/mol. The van der Waals surface area contributed by atoms with Gasteiger partial charge in [-0.2, -0.15) is 4.31 Å². The minimum Gasteiger partial charge on any atom is -0.495 e. The van der Waals surface area contributed by atoms with Crippen LogP contribution in [-0.2, 0) is 14.8 Å². The average Bonchev–Trinajstić information content (AvgIpc) is 3.58. The predicted octanol–water partition coefficient (Wildman–Crippen LogP) is 3.40. The van der Waals surface area contributed by atoms with Gasteiger partial charge in [0.05, 0.1) is 17.7 Å². The van der Waals surface area contributed by atoms with E-state index in [0.29, 0.717) is 24.5 Å². The number of anilines is 1. The maximum Gasteiger partial charge on any atom is 0.243 e. The smallest absolute Gasteiger partial charge is 0.243 e. The normalized spacial score (nSPS) is 22.2. The van der Waals surface area contributed by atoms with Crippen molar-refractivity contribution in [2.75, 3.05) is 25.5 Å². The van der Waals surface area contributed by atoms with Gasteiger partial charge in [0, 0.05) is 31.4 Å². The van der Waals surface area contributed by atoms with Gasteiger partial charge in [0.25, 0.3) is 0 Å². The molecule has 8 heteroatoms. The van der Waals surface area contributed by atoms with E-state index in [4.69, 9.17) is 4.74 Å². The molecule has 4 rings (SSSR count). The second-order valence-electron chi connectivity index (χ2n) is 7.90. The van der Waals surface area contributed by atoms with Crippen molar-refractivity contribution in [3.63, 3.8) is 0 Å². The van der Waals surface area contributed by atoms with Crippen molar-refractivity contribution in [3.05, 3.63) is 48.3 Å². The van der Waals surface area contributed by atoms with Gasteiger partial charge in [-0.05, 0) is 61.1 Å². The maximum atomic E-state index is 13.1. The molecule has 2 atom stereocenters. The SMILES string of the molecule is COc1ccc(S(=O)(=O)N2CCCCCC2)cc1NC(=O)[C@@H]1C[C@@H]1c1ccncc1. The van der Waals surface area contributed by atoms with E-state index < -0.39 is 10.0 Å². The molecular formula is C22H27N3O4S. The molecular weight excluding hydrogens is 402 g/mol. The number of methoxy groups -OCH3 is 1. The number of pyridine rings is 1. The summed E-state index contributed by atoms with van der Waals surface area (Å²) in [6.07, 6.45) is 8.07. The number of hydrogen-bond acceptors (Lipinski definition) is 5. The first-order valence-corrected chi connectivity index (χ1v) is 11.8. The molecule has 160 valence electrons. The zero-order valence-corrected chi connectivity index (χ0v) is 17.9. The zero-order chi connectivity index (χ0) is 21.1. The molecule has 1 aliphatic heterocycles. The monoisotopic (exact) mass is 429 g/mol. The number of carbonyl (C=O) groups is 1. The Morgan fingerprint density at radius 2 is 1.80 bits per heavy atom. The Kier molecular flexibility index (Phi) is 6.06. The van der Waals surface area contributed by atoms with Gasteiger partial charge in [-0.3, -0.25) is 9.78 Å². The fraction of sp³-hybridized carbons (Fsp3) is 0.455. The van der Waals surface area contributed by atoms with E-state index in [2.05, 4.69) is 10.3 Å². The van der Waals surface area contributed by atoms with Gasteiger partial charge < -0.3 is 10.1 Å². The van der Waals surface area contributed by atoms with Crippen LogP contribution in [0.2, 0.25) is 0 Å². The Morgan fingerprint density at radius 1 is 1.10 bits per heavy atom. The highest BCUT2D eigenvalue weighted by Gasteiger charge is 2.44. The van der Waals surface area contributed by atoms with E-state index in [-0.39, 0.29) is 22.6 Å². The first-order chi connectivity index (χ1) is 14.5. The fourth-order valence-electron chi connectivity index (χ4n) is 4.07. The Morgan fingerprint density at radius 3 is 2.47 bits per heavy atom. The minimum absolute atomic E-state index is 0.126. The highest BCUT2D eigenvalue weighted by molar-refractivity contribution is 7.89. The number of nitrogens with one attached hydrogen (secondary N) is 1. The van der Waals surface area contributed by atoms with Crippen molar-refractivity contribution < 1.29 is 17.9 Å². The topological polar surface area (TPSA) is 88.6 Å². The number of sulfonamides is 1. The second-order valence-corrected chi connectivity index (χ2v) is 9.84. The highest BCUT2D eigenvalue weighted by atomic mass is 32.2. The van der Waals surface area contributed by atoms with Crippen molar-refractivity contribution in [2.45, 2.75) is 42.9 Å². The number of ether oxygens (including phenoxy) is 1. The van der Waals surface area contributed by atoms with Crippen LogP contribution in [0, 0.1) is 5.92 Å². The second kappa shape index (κ2) is 8.73. The molecule has 2 heterocycles. The first-order valence-electron chi connectivity index (χ1n) is 10.4. The van der Waals surface area contributed by atoms with Gasteiger partial charge in [-0.15, -0.1) is 0 Å². The lowest BCUT2D eigenvalue weighted by Crippen LogP contribution is -2.32. The molecule has 1 aromatic heterocycles. The van der Waals surface area contributed by atoms with Crippen LogP contribution in [0.4, 0.5) is 5.69 Å². The summed E-state index contributed by atoms with van der Waals surface area (Å²) >= 11 is 0. The Labute approximate surface area is 177 Å². The molecule has 1 saturated carbocycles. The van der Waals surface area contributed by atoms with Gasteiger partial charge in [-0.25, -0.2) is 8.42 Å². The summed E-state index contributed by atoms with van der Waals surface area (Å²) in [5, 5.41) is 2.89. The predicted molar refractivity (Wildman–Crippen MR) is 114 cm³/mol. The van der Waals surface area contributed by atoms with E-state index in [1.165, 1.54) is 13.2 Å². The van der Waals surface area contributed by atoms with Crippen LogP contribution >= 0.6 is 0 Å². The molecule has 0 spiro atoms. The first kappa shape index (κ1) is 20.8. The van der Waals surface area contributed by atoms with Gasteiger partial charge in [0.1, 0.15) is 5.75 Å². The van der Waals surface area contributed by atoms with Crippen LogP contribution in [0.1, 0.15) is 43.6 Å². The lowest BCUT2D eigenvalue weighted by Gasteiger charge is -2.21. The lowest BCUT2D eigenvalue weighted by atomic mass is 10.1. The molecule has 30 heavy (non-hydrogen) atoms. The molecule has 2 aliphatic rings. The highest BCUT2D eigenvalue weighted by Crippen LogP contribution is 2.48. The van der Waals surface area contributed by atoms with Gasteiger partial charge in [-0.1, -0.05) is 12.8 Å². The van der Waals surface area contributed by atoms with E-state index in [1.807, 2.05) is 12.1 Å². The minimum atomic E-state index is -3.61. The van der Waals surface area contributed by atoms with Crippen molar-refractivity contribution >= 4 is 21.6 Å². The number of benzene rings is 1. The largest absolute Gasteiger partial charge is 0.495 e. The standard InChI is InChI=1S/C22H27N3O4S/c1-29-21-7-6-17(30(27,28)25-12-4-2-3-5-13-25)14-20(21)24-22(26)19-15-18(19)16-8-10-23-11-9-16/h6-11,14,18-19H,2-5,12-13,15H2,1H3,(H,24,26)/t18-,19-/m1/s1. The number of aromatic nitrogens is 1. The number of hydrogen-bond donors (Lipinski definition) is 1. The van der Waals surface area contributed by atoms with Crippen LogP contribution in [0.5, 0.6) is 5.75 Å². The summed E-state index contributed by atoms with van der Waals surface area (Å²) in [7, 11) is -2.10. The van der Waals surface area contributed by atoms with Crippen LogP contribution < -0.4 is 10.1 Å². The number of carbonyl (C=O) groups excluding carboxylic acids is 1. The molecule has 1 N–H and O–H groups in total. The molecule has 1 aliphatic carbocycles. The Bertz CT molecular complexity index is 1000. The molecule has 0 unspecified atom stereocenters. The number of amides is 1. The summed E-state index contributed by atoms with van der Waals surface area (Å²) < 4.78 is 33.2. The van der Waals surface area contributed by atoms with Gasteiger partial charge in [0.2, 0.25) is 15.9 Å². The van der Waals surface area contributed by atoms with E-state index in [1.54, 1.807) is 28.8 Å². The summed E-state index contributed by atoms with van der Waals surface area (Å²) in [5.41, 5.74) is 1.48. The van der Waals surface area contributed by atoms with Crippen molar-refractivity contribution in [1.29, 1.82) is 0 Å². The molecule has 1 amide bonds. The summed E-state index contributed by atoms with van der Waals surface area (Å²) in [5.74, 6) is 0.352. The van der Waals surface area contributed by atoms with Gasteiger partial charge >= 0.3 is 0 Å². The lowest BCUT2D eigenvalue weighted by molar-refractivity contribution is -0.117. The molecule has 1 aromatic carbocycles. The van der Waals surface area contributed by atoms with Crippen LogP contribution in [0.15, 0.2) is 47.6 Å². The van der Waals surface area contributed by atoms with Crippen molar-refractivity contribution in [2.24, 2.45) is 5.92 Å². The third-order valence-electron chi connectivity index (χ3n) is 5.89. The molecule has 2 fully saturated rings. The maximum absolute atomic E-state index is 13.1. The van der Waals surface area contributed by atoms with E-state index >= 15 is 0 Å². The molecule has 1 saturated heterocycles. The molecule has 0 bridgehead atoms. The van der Waals surface area contributed by atoms with E-state index in [9.17, 15) is 13.2 Å². The van der Waals surface area contributed by atoms with Gasteiger partial charge in [0.15, 0.2) is 0 Å². The number of nitrogens with zero attached hydrogens (tertiary/aromatic N) is 2.